The number of hydrogen-bond donors (Lipinski definition) is 1. The van der Waals surface area contributed by atoms with Gasteiger partial charge in [-0.15, -0.1) is 11.3 Å². The highest BCUT2D eigenvalue weighted by Crippen LogP contribution is 2.32. The zero-order chi connectivity index (χ0) is 18.5. The van der Waals surface area contributed by atoms with Crippen molar-refractivity contribution in [2.75, 3.05) is 32.6 Å². The van der Waals surface area contributed by atoms with Gasteiger partial charge in [0.2, 0.25) is 5.91 Å². The molecule has 7 nitrogen and oxygen atoms in total. The third kappa shape index (κ3) is 3.80. The number of aromatic nitrogens is 1. The van der Waals surface area contributed by atoms with E-state index < -0.39 is 0 Å². The van der Waals surface area contributed by atoms with Crippen LogP contribution in [0, 0.1) is 5.92 Å². The number of amides is 2. The molecular weight excluding hydrogens is 354 g/mol. The van der Waals surface area contributed by atoms with Crippen LogP contribution < -0.4 is 14.8 Å². The van der Waals surface area contributed by atoms with Crippen molar-refractivity contribution in [2.45, 2.75) is 12.8 Å². The minimum Gasteiger partial charge on any atom is -0.493 e. The summed E-state index contributed by atoms with van der Waals surface area (Å²) in [6, 6.07) is 5.25. The Morgan fingerprint density at radius 3 is 2.62 bits per heavy atom. The molecular formula is C18H21N3O4S. The Labute approximate surface area is 155 Å². The van der Waals surface area contributed by atoms with Crippen LogP contribution in [0.25, 0.3) is 0 Å². The summed E-state index contributed by atoms with van der Waals surface area (Å²) in [5.74, 6) is 0.695. The lowest BCUT2D eigenvalue weighted by atomic mass is 9.95. The third-order valence-electron chi connectivity index (χ3n) is 4.45. The molecule has 3 rings (SSSR count). The molecule has 1 aromatic heterocycles. The Hall–Kier alpha value is -2.61. The molecule has 1 aliphatic heterocycles. The van der Waals surface area contributed by atoms with Gasteiger partial charge in [0, 0.05) is 30.6 Å². The number of anilines is 1. The maximum atomic E-state index is 12.9. The molecule has 1 N–H and O–H groups in total. The van der Waals surface area contributed by atoms with Gasteiger partial charge in [-0.2, -0.15) is 0 Å². The normalized spacial score (nSPS) is 14.8. The lowest BCUT2D eigenvalue weighted by Crippen LogP contribution is -2.41. The summed E-state index contributed by atoms with van der Waals surface area (Å²) in [5.41, 5.74) is 0.470. The predicted octanol–water partition coefficient (Wildman–Crippen LogP) is 2.65. The topological polar surface area (TPSA) is 80.8 Å². The fourth-order valence-electron chi connectivity index (χ4n) is 3.06. The van der Waals surface area contributed by atoms with Crippen LogP contribution in [-0.2, 0) is 4.79 Å². The average Bonchev–Trinajstić information content (AvgIpc) is 3.19. The van der Waals surface area contributed by atoms with Crippen molar-refractivity contribution < 1.29 is 19.1 Å². The molecule has 1 fully saturated rings. The second-order valence-corrected chi connectivity index (χ2v) is 6.83. The number of methoxy groups -OCH3 is 2. The first kappa shape index (κ1) is 18.2. The van der Waals surface area contributed by atoms with Crippen LogP contribution in [0.1, 0.15) is 23.2 Å². The molecule has 1 saturated heterocycles. The molecule has 138 valence electrons. The Kier molecular flexibility index (Phi) is 5.72. The summed E-state index contributed by atoms with van der Waals surface area (Å²) in [4.78, 5) is 31.0. The molecule has 0 aliphatic carbocycles. The molecule has 0 spiro atoms. The molecule has 0 radical (unpaired) electrons. The minimum atomic E-state index is -0.116. The van der Waals surface area contributed by atoms with Gasteiger partial charge in [0.25, 0.3) is 5.91 Å². The fourth-order valence-corrected chi connectivity index (χ4v) is 3.60. The van der Waals surface area contributed by atoms with Gasteiger partial charge in [0.15, 0.2) is 16.6 Å². The average molecular weight is 375 g/mol. The van der Waals surface area contributed by atoms with Gasteiger partial charge in [-0.25, -0.2) is 4.98 Å². The minimum absolute atomic E-state index is 0.0361. The molecule has 2 heterocycles. The van der Waals surface area contributed by atoms with E-state index in [1.54, 1.807) is 36.4 Å². The number of rotatable bonds is 5. The first-order chi connectivity index (χ1) is 12.6. The molecule has 2 aromatic rings. The highest BCUT2D eigenvalue weighted by Gasteiger charge is 2.29. The lowest BCUT2D eigenvalue weighted by molar-refractivity contribution is -0.121. The Bertz CT molecular complexity index is 771. The summed E-state index contributed by atoms with van der Waals surface area (Å²) in [5, 5.41) is 5.25. The highest BCUT2D eigenvalue weighted by molar-refractivity contribution is 7.13. The summed E-state index contributed by atoms with van der Waals surface area (Å²) < 4.78 is 10.6. The number of nitrogens with one attached hydrogen (secondary N) is 1. The number of likely N-dealkylation sites (tertiary alicyclic amines) is 1. The van der Waals surface area contributed by atoms with Gasteiger partial charge in [-0.05, 0) is 25.0 Å². The standard InChI is InChI=1S/C18H21N3O4S/c1-24-14-5-3-4-13(15(14)25-2)17(23)21-9-6-12(7-10-21)16(22)20-18-19-8-11-26-18/h3-5,8,11-12H,6-7,9-10H2,1-2H3,(H,19,20,22). The van der Waals surface area contributed by atoms with E-state index in [0.29, 0.717) is 48.1 Å². The maximum Gasteiger partial charge on any atom is 0.257 e. The van der Waals surface area contributed by atoms with E-state index in [0.717, 1.165) is 0 Å². The Morgan fingerprint density at radius 2 is 2.00 bits per heavy atom. The van der Waals surface area contributed by atoms with E-state index >= 15 is 0 Å². The highest BCUT2D eigenvalue weighted by atomic mass is 32.1. The van der Waals surface area contributed by atoms with Crippen molar-refractivity contribution in [3.05, 3.63) is 35.3 Å². The first-order valence-electron chi connectivity index (χ1n) is 8.34. The number of hydrogen-bond acceptors (Lipinski definition) is 6. The van der Waals surface area contributed by atoms with Crippen LogP contribution in [0.2, 0.25) is 0 Å². The molecule has 1 aromatic carbocycles. The first-order valence-corrected chi connectivity index (χ1v) is 9.22. The summed E-state index contributed by atoms with van der Waals surface area (Å²) in [6.07, 6.45) is 2.90. The van der Waals surface area contributed by atoms with Crippen molar-refractivity contribution in [3.63, 3.8) is 0 Å². The van der Waals surface area contributed by atoms with E-state index in [4.69, 9.17) is 9.47 Å². The van der Waals surface area contributed by atoms with Crippen LogP contribution in [0.4, 0.5) is 5.13 Å². The second kappa shape index (κ2) is 8.18. The van der Waals surface area contributed by atoms with Crippen LogP contribution >= 0.6 is 11.3 Å². The number of carbonyl (C=O) groups is 2. The number of carbonyl (C=O) groups excluding carboxylic acids is 2. The van der Waals surface area contributed by atoms with Crippen molar-refractivity contribution >= 4 is 28.3 Å². The summed E-state index contributed by atoms with van der Waals surface area (Å²) in [6.45, 7) is 1.05. The molecule has 0 bridgehead atoms. The SMILES string of the molecule is COc1cccc(C(=O)N2CCC(C(=O)Nc3nccs3)CC2)c1OC. The predicted molar refractivity (Wildman–Crippen MR) is 98.9 cm³/mol. The van der Waals surface area contributed by atoms with E-state index in [9.17, 15) is 9.59 Å². The number of nitrogens with zero attached hydrogens (tertiary/aromatic N) is 2. The number of benzene rings is 1. The number of ether oxygens (including phenoxy) is 2. The number of para-hydroxylation sites is 1. The fraction of sp³-hybridized carbons (Fsp3) is 0.389. The second-order valence-electron chi connectivity index (χ2n) is 5.93. The van der Waals surface area contributed by atoms with Gasteiger partial charge in [0.05, 0.1) is 19.8 Å². The van der Waals surface area contributed by atoms with Gasteiger partial charge in [-0.3, -0.25) is 9.59 Å². The van der Waals surface area contributed by atoms with E-state index in [-0.39, 0.29) is 17.7 Å². The van der Waals surface area contributed by atoms with Crippen LogP contribution in [0.3, 0.4) is 0 Å². The zero-order valence-electron chi connectivity index (χ0n) is 14.7. The monoisotopic (exact) mass is 375 g/mol. The zero-order valence-corrected chi connectivity index (χ0v) is 15.5. The van der Waals surface area contributed by atoms with Gasteiger partial charge >= 0.3 is 0 Å². The van der Waals surface area contributed by atoms with Gasteiger partial charge < -0.3 is 19.7 Å². The van der Waals surface area contributed by atoms with Gasteiger partial charge in [0.1, 0.15) is 0 Å². The Morgan fingerprint density at radius 1 is 1.23 bits per heavy atom. The van der Waals surface area contributed by atoms with E-state index in [2.05, 4.69) is 10.3 Å². The smallest absolute Gasteiger partial charge is 0.257 e. The van der Waals surface area contributed by atoms with Crippen LogP contribution in [-0.4, -0.2) is 49.0 Å². The van der Waals surface area contributed by atoms with Gasteiger partial charge in [-0.1, -0.05) is 6.07 Å². The van der Waals surface area contributed by atoms with Crippen molar-refractivity contribution in [3.8, 4) is 11.5 Å². The van der Waals surface area contributed by atoms with Crippen molar-refractivity contribution in [2.24, 2.45) is 5.92 Å². The molecule has 8 heteroatoms. The Balaban J connectivity index is 1.63. The largest absolute Gasteiger partial charge is 0.493 e. The molecule has 26 heavy (non-hydrogen) atoms. The van der Waals surface area contributed by atoms with Crippen LogP contribution in [0.15, 0.2) is 29.8 Å². The molecule has 0 atom stereocenters. The van der Waals surface area contributed by atoms with E-state index in [1.807, 2.05) is 5.38 Å². The summed E-state index contributed by atoms with van der Waals surface area (Å²) in [7, 11) is 3.06. The van der Waals surface area contributed by atoms with Crippen molar-refractivity contribution in [1.82, 2.24) is 9.88 Å². The third-order valence-corrected chi connectivity index (χ3v) is 5.14. The molecule has 0 saturated carbocycles. The number of piperidine rings is 1. The van der Waals surface area contributed by atoms with Crippen molar-refractivity contribution in [1.29, 1.82) is 0 Å². The molecule has 1 aliphatic rings. The maximum absolute atomic E-state index is 12.9. The summed E-state index contributed by atoms with van der Waals surface area (Å²) >= 11 is 1.39. The lowest BCUT2D eigenvalue weighted by Gasteiger charge is -2.31. The molecule has 2 amide bonds. The molecule has 0 unspecified atom stereocenters. The quantitative estimate of drug-likeness (QED) is 0.869. The van der Waals surface area contributed by atoms with Crippen LogP contribution in [0.5, 0.6) is 11.5 Å². The number of thiazole rings is 1. The van der Waals surface area contributed by atoms with E-state index in [1.165, 1.54) is 18.4 Å².